The fourth-order valence-corrected chi connectivity index (χ4v) is 9.90. The van der Waals surface area contributed by atoms with Crippen molar-refractivity contribution in [3.8, 4) is 0 Å². The van der Waals surface area contributed by atoms with Crippen LogP contribution >= 0.6 is 11.5 Å². The summed E-state index contributed by atoms with van der Waals surface area (Å²) in [5, 5.41) is 16.3. The van der Waals surface area contributed by atoms with Gasteiger partial charge in [0.25, 0.3) is 5.91 Å². The number of rotatable bonds is 3. The first-order valence-corrected chi connectivity index (χ1v) is 11.4. The maximum atomic E-state index is 12.4. The molecule has 1 amide bonds. The molecule has 3 heterocycles. The van der Waals surface area contributed by atoms with Gasteiger partial charge in [-0.2, -0.15) is 0 Å². The lowest BCUT2D eigenvalue weighted by molar-refractivity contribution is -0.145. The first-order chi connectivity index (χ1) is 10.5. The summed E-state index contributed by atoms with van der Waals surface area (Å²) in [5.41, 5.74) is -0.547. The summed E-state index contributed by atoms with van der Waals surface area (Å²) in [4.78, 5) is 24.6. The fraction of sp³-hybridized carbons (Fsp3) is 0.714. The van der Waals surface area contributed by atoms with Crippen LogP contribution in [0.1, 0.15) is 41.0 Å². The average Bonchev–Trinajstić information content (AvgIpc) is 3.11. The van der Waals surface area contributed by atoms with Crippen LogP contribution in [0.2, 0.25) is 24.2 Å². The van der Waals surface area contributed by atoms with Crippen LogP contribution in [0.25, 0.3) is 0 Å². The molecule has 0 unspecified atom stereocenters. The Hall–Kier alpha value is -1.28. The third-order valence-electron chi connectivity index (χ3n) is 5.45. The third-order valence-corrected chi connectivity index (χ3v) is 11.7. The summed E-state index contributed by atoms with van der Waals surface area (Å²) in [6.07, 6.45) is 3.77. The van der Waals surface area contributed by atoms with E-state index in [1.165, 1.54) is 24.9 Å². The zero-order valence-electron chi connectivity index (χ0n) is 12.7. The first kappa shape index (κ1) is 15.6. The molecule has 0 aromatic carbocycles. The molecule has 0 radical (unpaired) electrons. The molecule has 1 aromatic rings. The van der Waals surface area contributed by atoms with Gasteiger partial charge in [-0.25, -0.2) is 4.79 Å². The topological polar surface area (TPSA) is 92.2 Å². The van der Waals surface area contributed by atoms with Crippen LogP contribution in [0.4, 0.5) is 0 Å². The van der Waals surface area contributed by atoms with E-state index in [0.29, 0.717) is 23.4 Å². The Morgan fingerprint density at radius 1 is 1.23 bits per heavy atom. The minimum atomic E-state index is -1.22. The monoisotopic (exact) mass is 339 g/mol. The summed E-state index contributed by atoms with van der Waals surface area (Å²) in [6.45, 7) is 1.72. The van der Waals surface area contributed by atoms with E-state index in [-0.39, 0.29) is 5.91 Å². The van der Waals surface area contributed by atoms with Gasteiger partial charge >= 0.3 is 5.97 Å². The molecule has 0 saturated carbocycles. The van der Waals surface area contributed by atoms with Gasteiger partial charge in [0.1, 0.15) is 10.4 Å². The number of hydrogen-bond donors (Lipinski definition) is 2. The van der Waals surface area contributed by atoms with E-state index in [0.717, 1.165) is 23.6 Å². The fourth-order valence-electron chi connectivity index (χ4n) is 3.94. The highest BCUT2D eigenvalue weighted by Crippen LogP contribution is 2.45. The molecule has 1 spiro atoms. The zero-order chi connectivity index (χ0) is 15.8. The van der Waals surface area contributed by atoms with Crippen LogP contribution in [-0.4, -0.2) is 40.2 Å². The standard InChI is InChI=1S/C14H21N3O3SSi/c1-10-11(21-17-16-10)12(18)15-14(13(19)20)4-8-22(9-5-14)6-2-3-7-22/h2-9H2,1H3,(H,15,18)(H,19,20). The summed E-state index contributed by atoms with van der Waals surface area (Å²) in [6, 6.07) is 4.74. The number of amides is 1. The number of nitrogens with zero attached hydrogens (tertiary/aromatic N) is 2. The van der Waals surface area contributed by atoms with E-state index in [1.807, 2.05) is 0 Å². The van der Waals surface area contributed by atoms with Crippen molar-refractivity contribution in [3.05, 3.63) is 10.6 Å². The van der Waals surface area contributed by atoms with Gasteiger partial charge in [-0.3, -0.25) is 4.79 Å². The van der Waals surface area contributed by atoms with Crippen LogP contribution in [0.5, 0.6) is 0 Å². The van der Waals surface area contributed by atoms with Gasteiger partial charge in [-0.1, -0.05) is 41.5 Å². The van der Waals surface area contributed by atoms with Crippen molar-refractivity contribution in [1.29, 1.82) is 0 Å². The van der Waals surface area contributed by atoms with Gasteiger partial charge in [0.2, 0.25) is 0 Å². The van der Waals surface area contributed by atoms with Crippen LogP contribution in [-0.2, 0) is 4.79 Å². The molecule has 1 aromatic heterocycles. The molecule has 2 aliphatic rings. The Morgan fingerprint density at radius 2 is 1.86 bits per heavy atom. The van der Waals surface area contributed by atoms with E-state index in [4.69, 9.17) is 0 Å². The maximum absolute atomic E-state index is 12.4. The summed E-state index contributed by atoms with van der Waals surface area (Å²) in [5.74, 6) is -1.25. The minimum Gasteiger partial charge on any atom is -0.480 e. The lowest BCUT2D eigenvalue weighted by Crippen LogP contribution is -2.58. The Bertz CT molecular complexity index is 588. The second kappa shape index (κ2) is 5.73. The van der Waals surface area contributed by atoms with E-state index in [9.17, 15) is 14.7 Å². The molecule has 2 saturated heterocycles. The predicted octanol–water partition coefficient (Wildman–Crippen LogP) is 2.44. The molecular formula is C14H21N3O3SSi. The number of aromatic nitrogens is 2. The lowest BCUT2D eigenvalue weighted by Gasteiger charge is -2.41. The number of carbonyl (C=O) groups is 2. The van der Waals surface area contributed by atoms with Crippen molar-refractivity contribution in [1.82, 2.24) is 14.9 Å². The molecule has 2 N–H and O–H groups in total. The van der Waals surface area contributed by atoms with Gasteiger partial charge in [0, 0.05) is 0 Å². The number of carbonyl (C=O) groups excluding carboxylic acids is 1. The Labute approximate surface area is 134 Å². The van der Waals surface area contributed by atoms with Crippen molar-refractivity contribution < 1.29 is 14.7 Å². The van der Waals surface area contributed by atoms with Crippen molar-refractivity contribution in [2.75, 3.05) is 0 Å². The predicted molar refractivity (Wildman–Crippen MR) is 85.9 cm³/mol. The molecule has 8 heteroatoms. The largest absolute Gasteiger partial charge is 0.480 e. The van der Waals surface area contributed by atoms with E-state index in [1.54, 1.807) is 6.92 Å². The number of carboxylic acid groups (broad SMARTS) is 1. The number of hydrogen-bond acceptors (Lipinski definition) is 5. The molecule has 120 valence electrons. The Morgan fingerprint density at radius 3 is 2.36 bits per heavy atom. The van der Waals surface area contributed by atoms with Crippen molar-refractivity contribution in [3.63, 3.8) is 0 Å². The van der Waals surface area contributed by atoms with Crippen LogP contribution in [0.3, 0.4) is 0 Å². The SMILES string of the molecule is Cc1nnsc1C(=O)NC1(C(=O)O)CC[Si]2(CCCC2)CC1. The molecule has 2 fully saturated rings. The molecule has 0 bridgehead atoms. The number of aryl methyl sites for hydroxylation is 1. The highest BCUT2D eigenvalue weighted by molar-refractivity contribution is 7.08. The van der Waals surface area contributed by atoms with E-state index in [2.05, 4.69) is 14.9 Å². The van der Waals surface area contributed by atoms with Gasteiger partial charge in [0.15, 0.2) is 0 Å². The number of nitrogens with one attached hydrogen (secondary N) is 1. The molecule has 6 nitrogen and oxygen atoms in total. The highest BCUT2D eigenvalue weighted by atomic mass is 32.1. The van der Waals surface area contributed by atoms with Crippen molar-refractivity contribution in [2.45, 2.75) is 62.3 Å². The lowest BCUT2D eigenvalue weighted by atomic mass is 9.92. The highest BCUT2D eigenvalue weighted by Gasteiger charge is 2.50. The summed E-state index contributed by atoms with van der Waals surface area (Å²) >= 11 is 1.02. The van der Waals surface area contributed by atoms with Crippen molar-refractivity contribution in [2.24, 2.45) is 0 Å². The van der Waals surface area contributed by atoms with Crippen LogP contribution in [0.15, 0.2) is 0 Å². The van der Waals surface area contributed by atoms with Gasteiger partial charge in [-0.15, -0.1) is 5.10 Å². The quantitative estimate of drug-likeness (QED) is 0.825. The van der Waals surface area contributed by atoms with E-state index < -0.39 is 19.6 Å². The second-order valence-electron chi connectivity index (χ2n) is 6.74. The summed E-state index contributed by atoms with van der Waals surface area (Å²) < 4.78 is 3.75. The molecule has 0 atom stereocenters. The summed E-state index contributed by atoms with van der Waals surface area (Å²) in [7, 11) is -1.22. The Kier molecular flexibility index (Phi) is 4.07. The maximum Gasteiger partial charge on any atom is 0.329 e. The molecule has 0 aliphatic carbocycles. The second-order valence-corrected chi connectivity index (χ2v) is 12.5. The minimum absolute atomic E-state index is 0.348. The normalized spacial score (nSPS) is 22.6. The zero-order valence-corrected chi connectivity index (χ0v) is 14.5. The third kappa shape index (κ3) is 2.69. The Balaban J connectivity index is 1.75. The molecule has 3 rings (SSSR count). The van der Waals surface area contributed by atoms with E-state index >= 15 is 0 Å². The molecule has 22 heavy (non-hydrogen) atoms. The smallest absolute Gasteiger partial charge is 0.329 e. The van der Waals surface area contributed by atoms with Crippen LogP contribution < -0.4 is 5.32 Å². The average molecular weight is 339 g/mol. The van der Waals surface area contributed by atoms with Gasteiger partial charge in [-0.05, 0) is 31.3 Å². The first-order valence-electron chi connectivity index (χ1n) is 7.81. The van der Waals surface area contributed by atoms with Gasteiger partial charge in [0.05, 0.1) is 13.8 Å². The number of carboxylic acids is 1. The molecular weight excluding hydrogens is 318 g/mol. The van der Waals surface area contributed by atoms with Gasteiger partial charge < -0.3 is 10.4 Å². The number of aliphatic carboxylic acids is 1. The van der Waals surface area contributed by atoms with Crippen molar-refractivity contribution >= 4 is 31.5 Å². The van der Waals surface area contributed by atoms with Crippen LogP contribution in [0, 0.1) is 6.92 Å². The molecule has 2 aliphatic heterocycles.